The van der Waals surface area contributed by atoms with E-state index in [9.17, 15) is 0 Å². The number of imidazole rings is 1. The van der Waals surface area contributed by atoms with Gasteiger partial charge in [0.1, 0.15) is 5.82 Å². The molecule has 21 heavy (non-hydrogen) atoms. The first-order valence-corrected chi connectivity index (χ1v) is 8.55. The highest BCUT2D eigenvalue weighted by Crippen LogP contribution is 2.23. The van der Waals surface area contributed by atoms with E-state index in [1.165, 1.54) is 25.9 Å². The molecule has 3 nitrogen and oxygen atoms in total. The fourth-order valence-electron chi connectivity index (χ4n) is 3.19. The normalized spacial score (nSPS) is 17.7. The molecule has 1 aromatic carbocycles. The minimum Gasteiger partial charge on any atom is -0.326 e. The third kappa shape index (κ3) is 3.20. The zero-order valence-electron chi connectivity index (χ0n) is 12.4. The smallest absolute Gasteiger partial charge is 0.111 e. The summed E-state index contributed by atoms with van der Waals surface area (Å²) < 4.78 is 2.32. The van der Waals surface area contributed by atoms with E-state index in [1.54, 1.807) is 0 Å². The molecule has 0 radical (unpaired) electrons. The maximum absolute atomic E-state index is 6.08. The molecular formula is C16H21Cl2N3. The summed E-state index contributed by atoms with van der Waals surface area (Å²) in [5, 5.41) is 0.733. The molecule has 0 amide bonds. The first-order chi connectivity index (χ1) is 10.2. The van der Waals surface area contributed by atoms with Crippen molar-refractivity contribution >= 4 is 34.2 Å². The van der Waals surface area contributed by atoms with E-state index in [2.05, 4.69) is 22.5 Å². The van der Waals surface area contributed by atoms with Crippen molar-refractivity contribution in [2.24, 2.45) is 0 Å². The highest BCUT2D eigenvalue weighted by atomic mass is 35.5. The fourth-order valence-corrected chi connectivity index (χ4v) is 3.53. The molecule has 2 heterocycles. The molecule has 2 aromatic rings. The van der Waals surface area contributed by atoms with Crippen molar-refractivity contribution in [2.45, 2.75) is 38.8 Å². The lowest BCUT2D eigenvalue weighted by Crippen LogP contribution is -2.34. The van der Waals surface area contributed by atoms with Crippen LogP contribution in [0, 0.1) is 0 Å². The number of rotatable bonds is 5. The van der Waals surface area contributed by atoms with Crippen molar-refractivity contribution in [3.05, 3.63) is 29.0 Å². The Morgan fingerprint density at radius 2 is 2.05 bits per heavy atom. The van der Waals surface area contributed by atoms with E-state index in [-0.39, 0.29) is 0 Å². The molecule has 1 aliphatic heterocycles. The maximum atomic E-state index is 6.08. The summed E-state index contributed by atoms with van der Waals surface area (Å²) in [5.74, 6) is 1.66. The molecule has 0 aliphatic carbocycles. The summed E-state index contributed by atoms with van der Waals surface area (Å²) in [6.45, 7) is 5.69. The van der Waals surface area contributed by atoms with Crippen LogP contribution in [0.1, 0.15) is 25.6 Å². The highest BCUT2D eigenvalue weighted by Gasteiger charge is 2.20. The largest absolute Gasteiger partial charge is 0.326 e. The van der Waals surface area contributed by atoms with Gasteiger partial charge in [0.15, 0.2) is 0 Å². The zero-order valence-corrected chi connectivity index (χ0v) is 13.9. The number of aromatic nitrogens is 2. The van der Waals surface area contributed by atoms with Gasteiger partial charge in [0.05, 0.1) is 11.0 Å². The van der Waals surface area contributed by atoms with E-state index >= 15 is 0 Å². The molecule has 0 saturated carbocycles. The van der Waals surface area contributed by atoms with E-state index in [0.29, 0.717) is 11.9 Å². The summed E-state index contributed by atoms with van der Waals surface area (Å²) >= 11 is 12.0. The average Bonchev–Trinajstić information content (AvgIpc) is 3.08. The van der Waals surface area contributed by atoms with Gasteiger partial charge in [0.25, 0.3) is 0 Å². The summed E-state index contributed by atoms with van der Waals surface area (Å²) in [7, 11) is 0. The molecule has 1 fully saturated rings. The first kappa shape index (κ1) is 15.1. The van der Waals surface area contributed by atoms with Gasteiger partial charge in [0, 0.05) is 29.9 Å². The minimum atomic E-state index is 0.523. The highest BCUT2D eigenvalue weighted by molar-refractivity contribution is 6.31. The van der Waals surface area contributed by atoms with Gasteiger partial charge >= 0.3 is 0 Å². The number of alkyl halides is 1. The number of halogens is 2. The van der Waals surface area contributed by atoms with Crippen molar-refractivity contribution in [3.63, 3.8) is 0 Å². The van der Waals surface area contributed by atoms with E-state index in [1.807, 2.05) is 12.1 Å². The lowest BCUT2D eigenvalue weighted by molar-refractivity contribution is 0.236. The molecule has 5 heteroatoms. The number of hydrogen-bond acceptors (Lipinski definition) is 2. The van der Waals surface area contributed by atoms with Crippen LogP contribution in [0.3, 0.4) is 0 Å². The number of benzene rings is 1. The zero-order chi connectivity index (χ0) is 14.8. The Bertz CT molecular complexity index is 617. The Morgan fingerprint density at radius 3 is 2.76 bits per heavy atom. The van der Waals surface area contributed by atoms with Crippen LogP contribution in [-0.2, 0) is 13.0 Å². The van der Waals surface area contributed by atoms with E-state index in [0.717, 1.165) is 34.8 Å². The van der Waals surface area contributed by atoms with Gasteiger partial charge in [-0.25, -0.2) is 4.98 Å². The third-order valence-electron chi connectivity index (χ3n) is 4.32. The molecule has 1 aliphatic rings. The predicted molar refractivity (Wildman–Crippen MR) is 89.4 cm³/mol. The van der Waals surface area contributed by atoms with Crippen LogP contribution >= 0.6 is 23.2 Å². The number of likely N-dealkylation sites (tertiary alicyclic amines) is 1. The molecule has 114 valence electrons. The van der Waals surface area contributed by atoms with Crippen molar-refractivity contribution in [3.8, 4) is 0 Å². The fraction of sp³-hybridized carbons (Fsp3) is 0.562. The monoisotopic (exact) mass is 325 g/mol. The SMILES string of the molecule is CC(Cn1c(CCCl)nc2cc(Cl)ccc21)N1CCCC1. The van der Waals surface area contributed by atoms with Crippen molar-refractivity contribution in [1.82, 2.24) is 14.5 Å². The average molecular weight is 326 g/mol. The Kier molecular flexibility index (Phi) is 4.72. The third-order valence-corrected chi connectivity index (χ3v) is 4.74. The quantitative estimate of drug-likeness (QED) is 0.776. The van der Waals surface area contributed by atoms with Crippen LogP contribution in [0.25, 0.3) is 11.0 Å². The lowest BCUT2D eigenvalue weighted by atomic mass is 10.2. The van der Waals surface area contributed by atoms with Gasteiger partial charge in [-0.2, -0.15) is 0 Å². The minimum absolute atomic E-state index is 0.523. The Hall–Kier alpha value is -0.770. The summed E-state index contributed by atoms with van der Waals surface area (Å²) in [4.78, 5) is 7.28. The molecule has 1 aromatic heterocycles. The van der Waals surface area contributed by atoms with Gasteiger partial charge in [-0.1, -0.05) is 11.6 Å². The van der Waals surface area contributed by atoms with Crippen LogP contribution < -0.4 is 0 Å². The van der Waals surface area contributed by atoms with Crippen LogP contribution in [-0.4, -0.2) is 39.5 Å². The Labute approximate surface area is 135 Å². The van der Waals surface area contributed by atoms with Gasteiger partial charge in [0.2, 0.25) is 0 Å². The predicted octanol–water partition coefficient (Wildman–Crippen LogP) is 3.96. The second-order valence-corrected chi connectivity index (χ2v) is 6.62. The van der Waals surface area contributed by atoms with Gasteiger partial charge in [-0.3, -0.25) is 4.90 Å². The Morgan fingerprint density at radius 1 is 1.29 bits per heavy atom. The standard InChI is InChI=1S/C16H21Cl2N3/c1-12(20-8-2-3-9-20)11-21-15-5-4-13(18)10-14(15)19-16(21)6-7-17/h4-5,10,12H,2-3,6-9,11H2,1H3. The van der Waals surface area contributed by atoms with Crippen LogP contribution in [0.5, 0.6) is 0 Å². The molecule has 1 atom stereocenters. The maximum Gasteiger partial charge on any atom is 0.111 e. The Balaban J connectivity index is 1.92. The van der Waals surface area contributed by atoms with Crippen LogP contribution in [0.4, 0.5) is 0 Å². The number of aryl methyl sites for hydroxylation is 1. The molecule has 3 rings (SSSR count). The molecule has 0 spiro atoms. The van der Waals surface area contributed by atoms with Crippen molar-refractivity contribution in [2.75, 3.05) is 19.0 Å². The molecule has 1 saturated heterocycles. The molecule has 1 unspecified atom stereocenters. The molecule has 0 bridgehead atoms. The van der Waals surface area contributed by atoms with E-state index in [4.69, 9.17) is 28.2 Å². The lowest BCUT2D eigenvalue weighted by Gasteiger charge is -2.25. The van der Waals surface area contributed by atoms with Crippen LogP contribution in [0.15, 0.2) is 18.2 Å². The first-order valence-electron chi connectivity index (χ1n) is 7.63. The number of hydrogen-bond donors (Lipinski definition) is 0. The summed E-state index contributed by atoms with van der Waals surface area (Å²) in [6, 6.07) is 6.47. The summed E-state index contributed by atoms with van der Waals surface area (Å²) in [6.07, 6.45) is 3.43. The second-order valence-electron chi connectivity index (χ2n) is 5.80. The van der Waals surface area contributed by atoms with Gasteiger partial charge < -0.3 is 4.57 Å². The second kappa shape index (κ2) is 6.55. The topological polar surface area (TPSA) is 21.1 Å². The summed E-state index contributed by atoms with van der Waals surface area (Å²) in [5.41, 5.74) is 2.13. The van der Waals surface area contributed by atoms with E-state index < -0.39 is 0 Å². The number of nitrogens with zero attached hydrogens (tertiary/aromatic N) is 3. The van der Waals surface area contributed by atoms with Crippen molar-refractivity contribution < 1.29 is 0 Å². The van der Waals surface area contributed by atoms with Gasteiger partial charge in [-0.05, 0) is 51.1 Å². The molecule has 0 N–H and O–H groups in total. The van der Waals surface area contributed by atoms with Crippen molar-refractivity contribution in [1.29, 1.82) is 0 Å². The van der Waals surface area contributed by atoms with Gasteiger partial charge in [-0.15, -0.1) is 11.6 Å². The number of fused-ring (bicyclic) bond motifs is 1. The van der Waals surface area contributed by atoms with Crippen LogP contribution in [0.2, 0.25) is 5.02 Å². The molecular weight excluding hydrogens is 305 g/mol.